The molecule has 2 rings (SSSR count). The van der Waals surface area contributed by atoms with Gasteiger partial charge in [0.15, 0.2) is 0 Å². The van der Waals surface area contributed by atoms with Gasteiger partial charge >= 0.3 is 5.97 Å². The van der Waals surface area contributed by atoms with Gasteiger partial charge in [-0.15, -0.1) is 0 Å². The van der Waals surface area contributed by atoms with E-state index in [4.69, 9.17) is 0 Å². The van der Waals surface area contributed by atoms with E-state index in [0.29, 0.717) is 6.07 Å². The Morgan fingerprint density at radius 2 is 1.88 bits per heavy atom. The highest BCUT2D eigenvalue weighted by molar-refractivity contribution is 5.88. The van der Waals surface area contributed by atoms with Gasteiger partial charge in [0.1, 0.15) is 17.7 Å². The summed E-state index contributed by atoms with van der Waals surface area (Å²) in [6.45, 7) is 4.68. The molecule has 24 heavy (non-hydrogen) atoms. The summed E-state index contributed by atoms with van der Waals surface area (Å²) >= 11 is 0. The lowest BCUT2D eigenvalue weighted by Gasteiger charge is -2.48. The molecule has 2 N–H and O–H groups in total. The van der Waals surface area contributed by atoms with Gasteiger partial charge in [-0.1, -0.05) is 6.92 Å². The third kappa shape index (κ3) is 3.13. The van der Waals surface area contributed by atoms with Crippen LogP contribution in [0, 0.1) is 17.0 Å². The average Bonchev–Trinajstić information content (AvgIpc) is 2.46. The number of hydrogen-bond donors (Lipinski definition) is 2. The number of carboxylic acid groups (broad SMARTS) is 1. The number of nitrogens with zero attached hydrogens (tertiary/aromatic N) is 1. The summed E-state index contributed by atoms with van der Waals surface area (Å²) in [4.78, 5) is 25.5. The zero-order valence-corrected chi connectivity index (χ0v) is 13.8. The molecule has 0 saturated carbocycles. The van der Waals surface area contributed by atoms with Crippen molar-refractivity contribution in [3.8, 4) is 0 Å². The number of likely N-dealkylation sites (tertiary alicyclic amines) is 1. The third-order valence-electron chi connectivity index (χ3n) is 4.68. The van der Waals surface area contributed by atoms with Crippen LogP contribution in [-0.2, 0) is 9.59 Å². The molecule has 0 bridgehead atoms. The lowest BCUT2D eigenvalue weighted by Crippen LogP contribution is -2.59. The largest absolute Gasteiger partial charge is 0.480 e. The minimum Gasteiger partial charge on any atom is -0.480 e. The van der Waals surface area contributed by atoms with Gasteiger partial charge in [0.2, 0.25) is 5.91 Å². The van der Waals surface area contributed by atoms with Crippen molar-refractivity contribution in [2.24, 2.45) is 5.41 Å². The number of aliphatic hydroxyl groups excluding tert-OH is 1. The molecule has 3 atom stereocenters. The second-order valence-electron chi connectivity index (χ2n) is 6.67. The summed E-state index contributed by atoms with van der Waals surface area (Å²) in [6, 6.07) is 0.779. The molecule has 1 saturated heterocycles. The maximum absolute atomic E-state index is 13.6. The molecule has 7 heteroatoms. The summed E-state index contributed by atoms with van der Waals surface area (Å²) in [5.41, 5.74) is -1.04. The van der Waals surface area contributed by atoms with E-state index >= 15 is 0 Å². The summed E-state index contributed by atoms with van der Waals surface area (Å²) in [5.74, 6) is -3.38. The molecule has 0 aromatic heterocycles. The number of amides is 1. The number of piperidine rings is 1. The summed E-state index contributed by atoms with van der Waals surface area (Å²) in [6.07, 6.45) is -0.906. The fourth-order valence-electron chi connectivity index (χ4n) is 3.15. The molecule has 1 amide bonds. The predicted octanol–water partition coefficient (Wildman–Crippen LogP) is 2.49. The van der Waals surface area contributed by atoms with Crippen LogP contribution in [-0.4, -0.2) is 39.1 Å². The molecule has 1 heterocycles. The predicted molar refractivity (Wildman–Crippen MR) is 82.1 cm³/mol. The number of aliphatic hydroxyl groups is 1. The van der Waals surface area contributed by atoms with Crippen LogP contribution in [0.1, 0.15) is 45.2 Å². The smallest absolute Gasteiger partial charge is 0.326 e. The van der Waals surface area contributed by atoms with E-state index in [1.165, 1.54) is 13.8 Å². The van der Waals surface area contributed by atoms with Crippen LogP contribution in [0.5, 0.6) is 0 Å². The number of aliphatic carboxylic acids is 1. The Bertz CT molecular complexity index is 642. The number of benzene rings is 1. The Hall–Kier alpha value is -2.02. The topological polar surface area (TPSA) is 77.8 Å². The molecule has 0 spiro atoms. The molecule has 1 aliphatic heterocycles. The van der Waals surface area contributed by atoms with E-state index in [0.717, 1.165) is 17.0 Å². The van der Waals surface area contributed by atoms with Crippen molar-refractivity contribution < 1.29 is 28.6 Å². The van der Waals surface area contributed by atoms with Crippen LogP contribution in [0.2, 0.25) is 0 Å². The standard InChI is InChI=1S/C17H21F2NO4/c1-4-12(15(22)23)20-13(8-14(21)17(2,3)16(20)24)9-5-10(18)7-11(19)6-9/h5-7,12-14,21H,4,8H2,1-3H3,(H,22,23)/t12?,13-,14-/m1/s1. The number of carbonyl (C=O) groups is 2. The second-order valence-corrected chi connectivity index (χ2v) is 6.67. The molecule has 1 unspecified atom stereocenters. The number of carboxylic acids is 1. The number of hydrogen-bond acceptors (Lipinski definition) is 3. The average molecular weight is 341 g/mol. The van der Waals surface area contributed by atoms with Crippen LogP contribution in [0.15, 0.2) is 18.2 Å². The van der Waals surface area contributed by atoms with Crippen LogP contribution >= 0.6 is 0 Å². The van der Waals surface area contributed by atoms with Gasteiger partial charge < -0.3 is 15.1 Å². The molecular weight excluding hydrogens is 320 g/mol. The van der Waals surface area contributed by atoms with Gasteiger partial charge in [0.05, 0.1) is 17.6 Å². The van der Waals surface area contributed by atoms with Crippen molar-refractivity contribution in [3.05, 3.63) is 35.4 Å². The van der Waals surface area contributed by atoms with Crippen molar-refractivity contribution >= 4 is 11.9 Å². The second kappa shape index (κ2) is 6.47. The summed E-state index contributed by atoms with van der Waals surface area (Å²) in [7, 11) is 0. The molecule has 5 nitrogen and oxygen atoms in total. The Labute approximate surface area is 138 Å². The molecule has 1 fully saturated rings. The zero-order valence-electron chi connectivity index (χ0n) is 13.8. The zero-order chi connectivity index (χ0) is 18.2. The molecule has 132 valence electrons. The van der Waals surface area contributed by atoms with Gasteiger partial charge in [0.25, 0.3) is 0 Å². The van der Waals surface area contributed by atoms with E-state index in [1.807, 2.05) is 0 Å². The van der Waals surface area contributed by atoms with Crippen LogP contribution in [0.3, 0.4) is 0 Å². The number of halogens is 2. The van der Waals surface area contributed by atoms with E-state index in [1.54, 1.807) is 6.92 Å². The molecule has 0 radical (unpaired) electrons. The maximum Gasteiger partial charge on any atom is 0.326 e. The van der Waals surface area contributed by atoms with Gasteiger partial charge in [-0.05, 0) is 44.4 Å². The number of rotatable bonds is 4. The van der Waals surface area contributed by atoms with E-state index in [9.17, 15) is 28.6 Å². The maximum atomic E-state index is 13.6. The Balaban J connectivity index is 2.57. The van der Waals surface area contributed by atoms with Gasteiger partial charge in [0, 0.05) is 6.07 Å². The van der Waals surface area contributed by atoms with Gasteiger partial charge in [-0.25, -0.2) is 13.6 Å². The normalized spacial score (nSPS) is 24.8. The Morgan fingerprint density at radius 3 is 2.33 bits per heavy atom. The molecule has 1 aromatic carbocycles. The lowest BCUT2D eigenvalue weighted by molar-refractivity contribution is -0.170. The SMILES string of the molecule is CCC(C(=O)O)N1C(=O)C(C)(C)[C@H](O)C[C@@H]1c1cc(F)cc(F)c1. The highest BCUT2D eigenvalue weighted by Crippen LogP contribution is 2.42. The van der Waals surface area contributed by atoms with Crippen molar-refractivity contribution in [1.82, 2.24) is 4.90 Å². The quantitative estimate of drug-likeness (QED) is 0.882. The van der Waals surface area contributed by atoms with E-state index in [-0.39, 0.29) is 18.4 Å². The van der Waals surface area contributed by atoms with Crippen molar-refractivity contribution in [2.75, 3.05) is 0 Å². The van der Waals surface area contributed by atoms with Crippen LogP contribution in [0.4, 0.5) is 8.78 Å². The van der Waals surface area contributed by atoms with Crippen LogP contribution < -0.4 is 0 Å². The fourth-order valence-corrected chi connectivity index (χ4v) is 3.15. The first-order valence-electron chi connectivity index (χ1n) is 7.79. The molecule has 1 aromatic rings. The first-order chi connectivity index (χ1) is 11.1. The fraction of sp³-hybridized carbons (Fsp3) is 0.529. The summed E-state index contributed by atoms with van der Waals surface area (Å²) in [5, 5.41) is 19.8. The minimum atomic E-state index is -1.19. The van der Waals surface area contributed by atoms with Crippen LogP contribution in [0.25, 0.3) is 0 Å². The van der Waals surface area contributed by atoms with Gasteiger partial charge in [-0.3, -0.25) is 4.79 Å². The highest BCUT2D eigenvalue weighted by atomic mass is 19.1. The van der Waals surface area contributed by atoms with E-state index in [2.05, 4.69) is 0 Å². The first-order valence-corrected chi connectivity index (χ1v) is 7.79. The van der Waals surface area contributed by atoms with Gasteiger partial charge in [-0.2, -0.15) is 0 Å². The number of carbonyl (C=O) groups excluding carboxylic acids is 1. The van der Waals surface area contributed by atoms with Crippen molar-refractivity contribution in [2.45, 2.75) is 51.8 Å². The molecule has 0 aliphatic carbocycles. The van der Waals surface area contributed by atoms with Crippen molar-refractivity contribution in [3.63, 3.8) is 0 Å². The lowest BCUT2D eigenvalue weighted by atomic mass is 9.75. The molecular formula is C17H21F2NO4. The monoisotopic (exact) mass is 341 g/mol. The first kappa shape index (κ1) is 18.3. The Kier molecular flexibility index (Phi) is 4.94. The summed E-state index contributed by atoms with van der Waals surface area (Å²) < 4.78 is 27.2. The van der Waals surface area contributed by atoms with Crippen molar-refractivity contribution in [1.29, 1.82) is 0 Å². The Morgan fingerprint density at radius 1 is 1.33 bits per heavy atom. The highest BCUT2D eigenvalue weighted by Gasteiger charge is 2.50. The molecule has 1 aliphatic rings. The van der Waals surface area contributed by atoms with E-state index < -0.39 is 47.1 Å². The minimum absolute atomic E-state index is 0.00537. The third-order valence-corrected chi connectivity index (χ3v) is 4.68.